The van der Waals surface area contributed by atoms with E-state index in [9.17, 15) is 9.59 Å². The van der Waals surface area contributed by atoms with Crippen LogP contribution in [0, 0.1) is 0 Å². The largest absolute Gasteiger partial charge is 0.392 e. The molecule has 3 aliphatic heterocycles. The highest BCUT2D eigenvalue weighted by Crippen LogP contribution is 2.29. The zero-order valence-corrected chi connectivity index (χ0v) is 17.0. The summed E-state index contributed by atoms with van der Waals surface area (Å²) in [6, 6.07) is 9.41. The summed E-state index contributed by atoms with van der Waals surface area (Å²) >= 11 is 0. The van der Waals surface area contributed by atoms with E-state index in [4.69, 9.17) is 4.99 Å². The average molecular weight is 394 g/mol. The summed E-state index contributed by atoms with van der Waals surface area (Å²) in [5, 5.41) is 0. The predicted molar refractivity (Wildman–Crippen MR) is 110 cm³/mol. The van der Waals surface area contributed by atoms with Crippen LogP contribution in [-0.2, 0) is 11.3 Å². The van der Waals surface area contributed by atoms with Crippen molar-refractivity contribution in [2.75, 3.05) is 20.1 Å². The molecule has 1 saturated carbocycles. The smallest absolute Gasteiger partial charge is 0.270 e. The molecule has 0 spiro atoms. The van der Waals surface area contributed by atoms with Gasteiger partial charge >= 0.3 is 12.0 Å². The molecule has 0 bridgehead atoms. The van der Waals surface area contributed by atoms with Crippen LogP contribution in [0.3, 0.4) is 0 Å². The fourth-order valence-corrected chi connectivity index (χ4v) is 5.13. The molecular weight excluding hydrogens is 366 g/mol. The third-order valence-electron chi connectivity index (χ3n) is 6.64. The predicted octanol–water partition coefficient (Wildman–Crippen LogP) is 2.27. The van der Waals surface area contributed by atoms with Crippen molar-refractivity contribution < 1.29 is 14.2 Å². The van der Waals surface area contributed by atoms with E-state index >= 15 is 0 Å². The van der Waals surface area contributed by atoms with Gasteiger partial charge in [0.05, 0.1) is 25.7 Å². The Morgan fingerprint density at radius 3 is 2.59 bits per heavy atom. The van der Waals surface area contributed by atoms with Crippen LogP contribution in [-0.4, -0.2) is 75.2 Å². The van der Waals surface area contributed by atoms with Crippen LogP contribution in [0.2, 0.25) is 0 Å². The number of nitrogens with zero attached hydrogens (tertiary/aromatic N) is 5. The van der Waals surface area contributed by atoms with E-state index < -0.39 is 6.04 Å². The molecule has 5 rings (SSSR count). The van der Waals surface area contributed by atoms with Gasteiger partial charge in [-0.1, -0.05) is 54.6 Å². The number of aliphatic imine (C=N–C) groups is 1. The number of amidine groups is 1. The number of carbonyl (C=O) groups excluding carboxylic acids is 2. The SMILES string of the molecule is CN1C(=O)N(Cc2ccccc2)C(=O)C2C1=NC1=[N+]2CCCN1C1CCCCC1. The Labute approximate surface area is 171 Å². The minimum Gasteiger partial charge on any atom is -0.270 e. The van der Waals surface area contributed by atoms with Gasteiger partial charge in [0.1, 0.15) is 0 Å². The van der Waals surface area contributed by atoms with Crippen LogP contribution in [0.4, 0.5) is 4.79 Å². The Hall–Kier alpha value is -2.70. The molecule has 0 radical (unpaired) electrons. The van der Waals surface area contributed by atoms with Gasteiger partial charge in [-0.3, -0.25) is 19.5 Å². The summed E-state index contributed by atoms with van der Waals surface area (Å²) in [6.07, 6.45) is 7.23. The molecule has 29 heavy (non-hydrogen) atoms. The van der Waals surface area contributed by atoms with Crippen LogP contribution >= 0.6 is 0 Å². The highest BCUT2D eigenvalue weighted by Gasteiger charge is 2.54. The monoisotopic (exact) mass is 394 g/mol. The number of likely N-dealkylation sites (N-methyl/N-ethyl adjacent to an activating group) is 1. The van der Waals surface area contributed by atoms with Crippen molar-refractivity contribution in [3.8, 4) is 0 Å². The number of hydrogen-bond acceptors (Lipinski definition) is 4. The van der Waals surface area contributed by atoms with Gasteiger partial charge in [-0.2, -0.15) is 0 Å². The zero-order valence-electron chi connectivity index (χ0n) is 17.0. The van der Waals surface area contributed by atoms with Gasteiger partial charge in [0.15, 0.2) is 0 Å². The zero-order chi connectivity index (χ0) is 20.0. The van der Waals surface area contributed by atoms with E-state index in [1.165, 1.54) is 37.0 Å². The molecule has 4 aliphatic rings. The second-order valence-electron chi connectivity index (χ2n) is 8.46. The first-order chi connectivity index (χ1) is 14.1. The molecule has 1 saturated heterocycles. The Morgan fingerprint density at radius 2 is 1.83 bits per heavy atom. The van der Waals surface area contributed by atoms with Crippen LogP contribution < -0.4 is 0 Å². The third kappa shape index (κ3) is 3.03. The first-order valence-electron chi connectivity index (χ1n) is 10.8. The van der Waals surface area contributed by atoms with Crippen molar-refractivity contribution in [2.24, 2.45) is 4.99 Å². The molecular formula is C22H28N5O2+. The van der Waals surface area contributed by atoms with Gasteiger partial charge in [0, 0.05) is 13.5 Å². The molecule has 1 aliphatic carbocycles. The molecule has 3 amide bonds. The van der Waals surface area contributed by atoms with Gasteiger partial charge in [0.25, 0.3) is 5.91 Å². The highest BCUT2D eigenvalue weighted by molar-refractivity contribution is 6.22. The first-order valence-corrected chi connectivity index (χ1v) is 10.8. The maximum Gasteiger partial charge on any atom is 0.392 e. The van der Waals surface area contributed by atoms with Crippen molar-refractivity contribution in [1.82, 2.24) is 14.7 Å². The summed E-state index contributed by atoms with van der Waals surface area (Å²) in [6.45, 7) is 2.09. The number of hydrogen-bond donors (Lipinski definition) is 0. The summed E-state index contributed by atoms with van der Waals surface area (Å²) in [5.41, 5.74) is 0.952. The number of guanidine groups is 1. The molecule has 7 nitrogen and oxygen atoms in total. The van der Waals surface area contributed by atoms with Crippen molar-refractivity contribution in [2.45, 2.75) is 57.2 Å². The number of amides is 3. The highest BCUT2D eigenvalue weighted by atomic mass is 16.2. The number of benzene rings is 1. The maximum atomic E-state index is 13.4. The molecule has 2 fully saturated rings. The van der Waals surface area contributed by atoms with E-state index in [1.54, 1.807) is 11.9 Å². The standard InChI is InChI=1S/C22H28N5O2/c1-24-19-18(20(28)27(22(24)29)15-16-9-4-2-5-10-16)26-14-8-13-25(21(26)23-19)17-11-6-3-7-12-17/h2,4-5,9-10,17-18H,3,6-8,11-15H2,1H3/q+1. The van der Waals surface area contributed by atoms with E-state index in [1.807, 2.05) is 30.3 Å². The van der Waals surface area contributed by atoms with Crippen molar-refractivity contribution in [3.63, 3.8) is 0 Å². The van der Waals surface area contributed by atoms with E-state index in [0.717, 1.165) is 31.0 Å². The van der Waals surface area contributed by atoms with Crippen LogP contribution in [0.25, 0.3) is 0 Å². The van der Waals surface area contributed by atoms with Gasteiger partial charge in [0.2, 0.25) is 11.9 Å². The second-order valence-corrected chi connectivity index (χ2v) is 8.46. The lowest BCUT2D eigenvalue weighted by molar-refractivity contribution is -0.546. The minimum atomic E-state index is -0.484. The lowest BCUT2D eigenvalue weighted by Crippen LogP contribution is -2.63. The third-order valence-corrected chi connectivity index (χ3v) is 6.64. The molecule has 7 heteroatoms. The molecule has 1 atom stereocenters. The van der Waals surface area contributed by atoms with Crippen molar-refractivity contribution in [3.05, 3.63) is 35.9 Å². The molecule has 1 unspecified atom stereocenters. The molecule has 1 aromatic rings. The van der Waals surface area contributed by atoms with Crippen LogP contribution in [0.5, 0.6) is 0 Å². The fourth-order valence-electron chi connectivity index (χ4n) is 5.13. The minimum absolute atomic E-state index is 0.156. The van der Waals surface area contributed by atoms with Gasteiger partial charge in [-0.05, 0) is 18.4 Å². The van der Waals surface area contributed by atoms with Gasteiger partial charge < -0.3 is 0 Å². The van der Waals surface area contributed by atoms with Gasteiger partial charge in [-0.15, -0.1) is 0 Å². The number of rotatable bonds is 3. The maximum absolute atomic E-state index is 13.4. The normalized spacial score (nSPS) is 25.3. The molecule has 1 aromatic carbocycles. The summed E-state index contributed by atoms with van der Waals surface area (Å²) < 4.78 is 2.14. The number of urea groups is 1. The van der Waals surface area contributed by atoms with E-state index in [2.05, 4.69) is 9.48 Å². The molecule has 3 heterocycles. The quantitative estimate of drug-likeness (QED) is 0.739. The Bertz CT molecular complexity index is 888. The number of carbonyl (C=O) groups is 2. The van der Waals surface area contributed by atoms with E-state index in [-0.39, 0.29) is 11.9 Å². The van der Waals surface area contributed by atoms with Gasteiger partial charge in [-0.25, -0.2) is 9.37 Å². The average Bonchev–Trinajstić information content (AvgIpc) is 3.16. The van der Waals surface area contributed by atoms with Crippen LogP contribution in [0.15, 0.2) is 35.3 Å². The Balaban J connectivity index is 1.47. The summed E-state index contributed by atoms with van der Waals surface area (Å²) in [7, 11) is 1.74. The molecule has 152 valence electrons. The number of imide groups is 1. The lowest BCUT2D eigenvalue weighted by atomic mass is 9.94. The first kappa shape index (κ1) is 18.3. The molecule has 0 N–H and O–H groups in total. The number of fused-ring (bicyclic) bond motifs is 2. The van der Waals surface area contributed by atoms with Crippen molar-refractivity contribution in [1.29, 1.82) is 0 Å². The van der Waals surface area contributed by atoms with E-state index in [0.29, 0.717) is 18.4 Å². The lowest BCUT2D eigenvalue weighted by Gasteiger charge is -2.35. The Kier molecular flexibility index (Phi) is 4.60. The Morgan fingerprint density at radius 1 is 1.07 bits per heavy atom. The molecule has 0 aromatic heterocycles. The second kappa shape index (κ2) is 7.28. The van der Waals surface area contributed by atoms with Crippen LogP contribution in [0.1, 0.15) is 44.1 Å². The topological polar surface area (TPSA) is 59.2 Å². The summed E-state index contributed by atoms with van der Waals surface area (Å²) in [5.74, 6) is 1.33. The van der Waals surface area contributed by atoms with Crippen molar-refractivity contribution >= 4 is 23.7 Å². The summed E-state index contributed by atoms with van der Waals surface area (Å²) in [4.78, 5) is 36.6. The fraction of sp³-hybridized carbons (Fsp3) is 0.545.